The Bertz CT molecular complexity index is 1200. The van der Waals surface area contributed by atoms with E-state index in [2.05, 4.69) is 90.7 Å². The van der Waals surface area contributed by atoms with Gasteiger partial charge in [0.1, 0.15) is 5.75 Å². The van der Waals surface area contributed by atoms with Gasteiger partial charge in [-0.15, -0.1) is 0 Å². The van der Waals surface area contributed by atoms with E-state index in [1.807, 2.05) is 0 Å². The molecule has 0 aromatic heterocycles. The summed E-state index contributed by atoms with van der Waals surface area (Å²) in [6.07, 6.45) is 6.02. The van der Waals surface area contributed by atoms with Crippen LogP contribution in [0.2, 0.25) is 0 Å². The maximum atomic E-state index is 6.13. The number of nitrogens with zero attached hydrogens (tertiary/aromatic N) is 1. The van der Waals surface area contributed by atoms with Crippen LogP contribution in [0.3, 0.4) is 0 Å². The molecule has 0 aliphatic carbocycles. The third-order valence-corrected chi connectivity index (χ3v) is 8.24. The molecule has 5 heteroatoms. The fourth-order valence-corrected chi connectivity index (χ4v) is 6.09. The van der Waals surface area contributed by atoms with Gasteiger partial charge < -0.3 is 23.8 Å². The van der Waals surface area contributed by atoms with Crippen molar-refractivity contribution in [2.24, 2.45) is 5.92 Å². The van der Waals surface area contributed by atoms with Crippen molar-refractivity contribution in [2.75, 3.05) is 38.8 Å². The topological polar surface area (TPSA) is 40.2 Å². The minimum absolute atomic E-state index is 0.116. The van der Waals surface area contributed by atoms with Crippen LogP contribution in [0, 0.1) is 5.92 Å². The SMILES string of the molecule is CCC(=C(c1ccc(OC2CCCCO2)cc1)c1ccc(N2CCC(C(OC)OC)CC2)cc1)c1ccccc1. The number of ether oxygens (including phenoxy) is 4. The molecule has 1 atom stereocenters. The first kappa shape index (κ1) is 28.4. The maximum Gasteiger partial charge on any atom is 0.199 e. The largest absolute Gasteiger partial charge is 0.465 e. The van der Waals surface area contributed by atoms with E-state index in [0.717, 1.165) is 64.0 Å². The number of piperidine rings is 1. The first-order valence-corrected chi connectivity index (χ1v) is 14.8. The predicted octanol–water partition coefficient (Wildman–Crippen LogP) is 7.80. The first-order chi connectivity index (χ1) is 19.7. The van der Waals surface area contributed by atoms with Crippen molar-refractivity contribution in [3.8, 4) is 5.75 Å². The van der Waals surface area contributed by atoms with Crippen LogP contribution in [0.1, 0.15) is 62.1 Å². The fourth-order valence-electron chi connectivity index (χ4n) is 6.09. The molecular weight excluding hydrogens is 498 g/mol. The minimum atomic E-state index is -0.141. The number of benzene rings is 3. The lowest BCUT2D eigenvalue weighted by molar-refractivity contribution is -0.141. The smallest absolute Gasteiger partial charge is 0.199 e. The Kier molecular flexibility index (Phi) is 9.93. The van der Waals surface area contributed by atoms with Crippen LogP contribution in [0.15, 0.2) is 78.9 Å². The molecule has 2 aliphatic heterocycles. The molecule has 2 aliphatic rings. The van der Waals surface area contributed by atoms with Crippen LogP contribution >= 0.6 is 0 Å². The lowest BCUT2D eigenvalue weighted by Crippen LogP contribution is -2.39. The van der Waals surface area contributed by atoms with Crippen LogP contribution in [0.4, 0.5) is 5.69 Å². The quantitative estimate of drug-likeness (QED) is 0.193. The van der Waals surface area contributed by atoms with E-state index < -0.39 is 0 Å². The van der Waals surface area contributed by atoms with E-state index in [4.69, 9.17) is 18.9 Å². The third-order valence-electron chi connectivity index (χ3n) is 8.24. The summed E-state index contributed by atoms with van der Waals surface area (Å²) >= 11 is 0. The van der Waals surface area contributed by atoms with Crippen LogP contribution < -0.4 is 9.64 Å². The van der Waals surface area contributed by atoms with Crippen molar-refractivity contribution in [2.45, 2.75) is 58.0 Å². The third kappa shape index (κ3) is 6.77. The van der Waals surface area contributed by atoms with Crippen LogP contribution in [0.25, 0.3) is 11.1 Å². The van der Waals surface area contributed by atoms with Gasteiger partial charge in [0, 0.05) is 45.3 Å². The number of hydrogen-bond acceptors (Lipinski definition) is 5. The van der Waals surface area contributed by atoms with Gasteiger partial charge in [0.2, 0.25) is 0 Å². The van der Waals surface area contributed by atoms with Gasteiger partial charge in [0.05, 0.1) is 6.61 Å². The second-order valence-corrected chi connectivity index (χ2v) is 10.7. The van der Waals surface area contributed by atoms with E-state index in [0.29, 0.717) is 5.92 Å². The molecule has 1 unspecified atom stereocenters. The summed E-state index contributed by atoms with van der Waals surface area (Å²) in [7, 11) is 3.46. The summed E-state index contributed by atoms with van der Waals surface area (Å²) in [6.45, 7) is 5.03. The first-order valence-electron chi connectivity index (χ1n) is 14.8. The Morgan fingerprint density at radius 3 is 2.02 bits per heavy atom. The number of hydrogen-bond donors (Lipinski definition) is 0. The molecule has 212 valence electrons. The molecule has 0 spiro atoms. The molecule has 0 bridgehead atoms. The van der Waals surface area contributed by atoms with E-state index in [1.54, 1.807) is 14.2 Å². The zero-order valence-corrected chi connectivity index (χ0v) is 24.2. The highest BCUT2D eigenvalue weighted by Gasteiger charge is 2.27. The fraction of sp³-hybridized carbons (Fsp3) is 0.429. The lowest BCUT2D eigenvalue weighted by Gasteiger charge is -2.36. The molecule has 3 aromatic carbocycles. The van der Waals surface area contributed by atoms with Gasteiger partial charge in [0.25, 0.3) is 0 Å². The monoisotopic (exact) mass is 541 g/mol. The maximum absolute atomic E-state index is 6.13. The standard InChI is InChI=1S/C35H43NO4/c1-4-32(26-10-6-5-7-11-26)34(28-15-19-31(20-16-28)40-33-12-8-9-25-39-33)27-13-17-30(18-14-27)36-23-21-29(22-24-36)35(37-2)38-3/h5-7,10-11,13-20,29,33,35H,4,8-9,12,21-25H2,1-3H3. The van der Waals surface area contributed by atoms with Gasteiger partial charge in [0.15, 0.2) is 12.6 Å². The molecule has 2 saturated heterocycles. The Morgan fingerprint density at radius 1 is 0.800 bits per heavy atom. The van der Waals surface area contributed by atoms with Crippen molar-refractivity contribution in [1.29, 1.82) is 0 Å². The summed E-state index contributed by atoms with van der Waals surface area (Å²) < 4.78 is 22.9. The molecule has 5 rings (SSSR count). The molecule has 3 aromatic rings. The lowest BCUT2D eigenvalue weighted by atomic mass is 9.88. The zero-order chi connectivity index (χ0) is 27.7. The van der Waals surface area contributed by atoms with Gasteiger partial charge in [-0.3, -0.25) is 0 Å². The highest BCUT2D eigenvalue weighted by molar-refractivity contribution is 5.98. The molecule has 0 saturated carbocycles. The van der Waals surface area contributed by atoms with E-state index in [1.165, 1.54) is 33.5 Å². The molecule has 0 radical (unpaired) electrons. The van der Waals surface area contributed by atoms with Crippen molar-refractivity contribution in [3.63, 3.8) is 0 Å². The second-order valence-electron chi connectivity index (χ2n) is 10.7. The minimum Gasteiger partial charge on any atom is -0.465 e. The number of methoxy groups -OCH3 is 2. The van der Waals surface area contributed by atoms with Crippen molar-refractivity contribution < 1.29 is 18.9 Å². The summed E-state index contributed by atoms with van der Waals surface area (Å²) in [6, 6.07) is 28.4. The van der Waals surface area contributed by atoms with Gasteiger partial charge >= 0.3 is 0 Å². The Labute approximate surface area is 239 Å². The van der Waals surface area contributed by atoms with Crippen molar-refractivity contribution in [1.82, 2.24) is 0 Å². The molecule has 0 amide bonds. The average molecular weight is 542 g/mol. The van der Waals surface area contributed by atoms with Gasteiger partial charge in [-0.1, -0.05) is 61.5 Å². The molecule has 0 N–H and O–H groups in total. The second kappa shape index (κ2) is 14.0. The van der Waals surface area contributed by atoms with Crippen molar-refractivity contribution in [3.05, 3.63) is 95.6 Å². The van der Waals surface area contributed by atoms with Crippen LogP contribution in [0.5, 0.6) is 5.75 Å². The van der Waals surface area contributed by atoms with Crippen molar-refractivity contribution >= 4 is 16.8 Å². The van der Waals surface area contributed by atoms with E-state index in [9.17, 15) is 0 Å². The molecule has 2 heterocycles. The molecule has 2 fully saturated rings. The number of allylic oxidation sites excluding steroid dienone is 1. The summed E-state index contributed by atoms with van der Waals surface area (Å²) in [5, 5.41) is 0. The number of anilines is 1. The van der Waals surface area contributed by atoms with E-state index >= 15 is 0 Å². The van der Waals surface area contributed by atoms with Gasteiger partial charge in [-0.2, -0.15) is 0 Å². The summed E-state index contributed by atoms with van der Waals surface area (Å²) in [5.74, 6) is 1.30. The highest BCUT2D eigenvalue weighted by Crippen LogP contribution is 2.36. The van der Waals surface area contributed by atoms with Gasteiger partial charge in [-0.25, -0.2) is 0 Å². The summed E-state index contributed by atoms with van der Waals surface area (Å²) in [4.78, 5) is 2.48. The number of rotatable bonds is 10. The van der Waals surface area contributed by atoms with E-state index in [-0.39, 0.29) is 12.6 Å². The van der Waals surface area contributed by atoms with Gasteiger partial charge in [-0.05, 0) is 84.2 Å². The Morgan fingerprint density at radius 2 is 1.45 bits per heavy atom. The molecular formula is C35H43NO4. The Balaban J connectivity index is 1.40. The highest BCUT2D eigenvalue weighted by atomic mass is 16.7. The Hall–Kier alpha value is -3.12. The predicted molar refractivity (Wildman–Crippen MR) is 162 cm³/mol. The molecule has 40 heavy (non-hydrogen) atoms. The van der Waals surface area contributed by atoms with Crippen LogP contribution in [-0.4, -0.2) is 46.5 Å². The average Bonchev–Trinajstić information content (AvgIpc) is 3.02. The molecule has 5 nitrogen and oxygen atoms in total. The normalized spacial score (nSPS) is 19.0. The summed E-state index contributed by atoms with van der Waals surface area (Å²) in [5.41, 5.74) is 7.54. The van der Waals surface area contributed by atoms with Crippen LogP contribution in [-0.2, 0) is 14.2 Å². The zero-order valence-electron chi connectivity index (χ0n) is 24.2.